The quantitative estimate of drug-likeness (QED) is 0.0970. The zero-order valence-corrected chi connectivity index (χ0v) is 70.1. The molecule has 12 heterocycles. The Morgan fingerprint density at radius 2 is 0.429 bits per heavy atom. The van der Waals surface area contributed by atoms with E-state index in [1.165, 1.54) is 68.3 Å². The molecule has 0 spiro atoms. The lowest BCUT2D eigenvalue weighted by Crippen LogP contribution is -2.49. The van der Waals surface area contributed by atoms with Crippen molar-refractivity contribution in [1.82, 2.24) is 19.6 Å². The molecule has 0 saturated heterocycles. The first kappa shape index (κ1) is 78.3. The molecule has 0 unspecified atom stereocenters. The van der Waals surface area contributed by atoms with Crippen molar-refractivity contribution in [3.63, 3.8) is 0 Å². The van der Waals surface area contributed by atoms with E-state index in [9.17, 15) is 0 Å². The highest BCUT2D eigenvalue weighted by Gasteiger charge is 2.40. The van der Waals surface area contributed by atoms with Crippen LogP contribution in [0.25, 0.3) is 0 Å². The maximum atomic E-state index is 2.38. The Balaban J connectivity index is 0.000000133. The second-order valence-electron chi connectivity index (χ2n) is 31.1. The highest BCUT2D eigenvalue weighted by Crippen LogP contribution is 2.38. The van der Waals surface area contributed by atoms with Gasteiger partial charge in [-0.1, -0.05) is 72.8 Å². The van der Waals surface area contributed by atoms with E-state index in [0.717, 1.165) is 23.3 Å². The van der Waals surface area contributed by atoms with E-state index < -0.39 is 0 Å². The minimum atomic E-state index is 0.175. The zero-order valence-electron chi connectivity index (χ0n) is 70.1. The van der Waals surface area contributed by atoms with Crippen LogP contribution in [-0.4, -0.2) is 95.1 Å². The number of aryl methyl sites for hydroxylation is 4. The summed E-state index contributed by atoms with van der Waals surface area (Å²) in [4.78, 5) is 37.1. The van der Waals surface area contributed by atoms with Gasteiger partial charge < -0.3 is 39.2 Å². The summed E-state index contributed by atoms with van der Waals surface area (Å²) in [5.74, 6) is 9.40. The average molecular weight is 1510 g/mol. The Hall–Kier alpha value is -11.8. The van der Waals surface area contributed by atoms with Crippen LogP contribution in [-0.2, 0) is 28.2 Å². The predicted molar refractivity (Wildman–Crippen MR) is 463 cm³/mol. The number of benzene rings is 4. The van der Waals surface area contributed by atoms with Gasteiger partial charge in [0.15, 0.2) is 24.7 Å². The third-order valence-electron chi connectivity index (χ3n) is 23.7. The Kier molecular flexibility index (Phi) is 23.1. The summed E-state index contributed by atoms with van der Waals surface area (Å²) >= 11 is 0. The van der Waals surface area contributed by atoms with Crippen LogP contribution in [0.4, 0.5) is 69.3 Å². The molecular formula is C92H120N20+4. The molecule has 20 nitrogen and oxygen atoms in total. The van der Waals surface area contributed by atoms with Gasteiger partial charge in [-0.25, -0.2) is 57.5 Å². The van der Waals surface area contributed by atoms with Crippen molar-refractivity contribution in [2.75, 3.05) is 72.9 Å². The molecule has 8 aliphatic rings. The third-order valence-corrected chi connectivity index (χ3v) is 23.7. The van der Waals surface area contributed by atoms with Gasteiger partial charge in [-0.15, -0.1) is 0 Å². The minimum Gasteiger partial charge on any atom is -0.346 e. The van der Waals surface area contributed by atoms with Gasteiger partial charge in [-0.05, 0) is 182 Å². The third kappa shape index (κ3) is 15.1. The number of anilines is 12. The number of aromatic nitrogens is 4. The van der Waals surface area contributed by atoms with E-state index in [1.807, 2.05) is 0 Å². The second-order valence-corrected chi connectivity index (χ2v) is 31.1. The largest absolute Gasteiger partial charge is 0.346 e. The first-order valence-electron chi connectivity index (χ1n) is 39.8. The van der Waals surface area contributed by atoms with E-state index in [1.54, 1.807) is 0 Å². The highest BCUT2D eigenvalue weighted by atomic mass is 15.5. The molecule has 0 fully saturated rings. The van der Waals surface area contributed by atoms with Gasteiger partial charge in [0.1, 0.15) is 24.7 Å². The number of pyridine rings is 4. The van der Waals surface area contributed by atoms with Crippen LogP contribution in [0.5, 0.6) is 0 Å². The minimum absolute atomic E-state index is 0.175. The van der Waals surface area contributed by atoms with Gasteiger partial charge in [-0.2, -0.15) is 0 Å². The first-order chi connectivity index (χ1) is 53.8. The lowest BCUT2D eigenvalue weighted by molar-refractivity contribution is -0.646. The lowest BCUT2D eigenvalue weighted by Gasteiger charge is -2.31. The number of nitrogens with zero attached hydrogens (tertiary/aromatic N) is 20. The Bertz CT molecular complexity index is 4560. The van der Waals surface area contributed by atoms with Crippen LogP contribution in [0.2, 0.25) is 0 Å². The summed E-state index contributed by atoms with van der Waals surface area (Å²) < 4.78 is 9.10. The van der Waals surface area contributed by atoms with Crippen molar-refractivity contribution < 1.29 is 18.3 Å². The van der Waals surface area contributed by atoms with Crippen LogP contribution < -0.4 is 77.1 Å². The van der Waals surface area contributed by atoms with Crippen molar-refractivity contribution in [3.8, 4) is 0 Å². The summed E-state index contributed by atoms with van der Waals surface area (Å²) in [7, 11) is 12.8. The van der Waals surface area contributed by atoms with Crippen molar-refractivity contribution in [1.29, 1.82) is 0 Å². The molecule has 20 heteroatoms. The van der Waals surface area contributed by atoms with Gasteiger partial charge in [0.05, 0.1) is 77.8 Å². The average Bonchev–Trinajstić information content (AvgIpc) is 1.62. The monoisotopic (exact) mass is 1500 g/mol. The van der Waals surface area contributed by atoms with E-state index >= 15 is 0 Å². The van der Waals surface area contributed by atoms with Gasteiger partial charge in [0.2, 0.25) is 46.5 Å². The normalized spacial score (nSPS) is 21.4. The topological polar surface area (TPSA) is 67.4 Å². The molecule has 4 aromatic heterocycles. The summed E-state index contributed by atoms with van der Waals surface area (Å²) in [5, 5.41) is 0. The molecule has 0 aliphatic carbocycles. The fourth-order valence-electron chi connectivity index (χ4n) is 16.9. The van der Waals surface area contributed by atoms with Crippen molar-refractivity contribution in [2.45, 2.75) is 172 Å². The Morgan fingerprint density at radius 3 is 0.670 bits per heavy atom. The highest BCUT2D eigenvalue weighted by molar-refractivity contribution is 5.68. The van der Waals surface area contributed by atoms with E-state index in [2.05, 4.69) is 519 Å². The van der Waals surface area contributed by atoms with Crippen LogP contribution in [0.1, 0.15) is 105 Å². The number of para-hydroxylation sites is 4. The van der Waals surface area contributed by atoms with Crippen molar-refractivity contribution in [3.05, 3.63) is 291 Å². The lowest BCUT2D eigenvalue weighted by atomic mass is 10.1. The molecular weight excluding hydrogens is 1390 g/mol. The maximum Gasteiger partial charge on any atom is 0.229 e. The van der Waals surface area contributed by atoms with Crippen LogP contribution in [0.15, 0.2) is 269 Å². The molecule has 112 heavy (non-hydrogen) atoms. The number of hydrogen-bond acceptors (Lipinski definition) is 16. The van der Waals surface area contributed by atoms with E-state index in [0.29, 0.717) is 36.7 Å². The molecule has 8 atom stereocenters. The molecule has 0 radical (unpaired) electrons. The SMILES string of the molecule is CC(C)N1C=CN(c2cccc(N3C=CN(C(C)C)[C@H]3C)[n+]2C)[C@H]1C.C[C@@H]1N(C)C=CN1c1cccc(N2C=CN(C)[C@@H]2C)[n+]1C.C[C@@H]1N(c2ccccc2)C=CN1c1cccc(N2C=CN(c3ccccc3)[C@@H]2C)[n+]1C.Cc1cccc(C)c1N1C=CN(c2cccc(N3C=CN(c4c(C)cccc4C)[C@@H]3C)[n+]2C)[C@@H]1C. The Labute approximate surface area is 668 Å². The molecule has 584 valence electrons. The number of hydrogen-bond donors (Lipinski definition) is 0. The summed E-state index contributed by atoms with van der Waals surface area (Å²) in [5.41, 5.74) is 10.2. The summed E-state index contributed by atoms with van der Waals surface area (Å²) in [6, 6.07) is 61.1. The van der Waals surface area contributed by atoms with Gasteiger partial charge in [0, 0.05) is 147 Å². The first-order valence-corrected chi connectivity index (χ1v) is 39.8. The smallest absolute Gasteiger partial charge is 0.229 e. The fraction of sp³-hybridized carbons (Fsp3) is 0.348. The molecule has 0 bridgehead atoms. The van der Waals surface area contributed by atoms with Crippen LogP contribution >= 0.6 is 0 Å². The molecule has 8 aromatic rings. The fourth-order valence-corrected chi connectivity index (χ4v) is 16.9. The predicted octanol–water partition coefficient (Wildman–Crippen LogP) is 15.7. The second kappa shape index (κ2) is 33.0. The van der Waals surface area contributed by atoms with Crippen molar-refractivity contribution >= 4 is 69.3 Å². The van der Waals surface area contributed by atoms with Crippen LogP contribution in [0.3, 0.4) is 0 Å². The van der Waals surface area contributed by atoms with Crippen LogP contribution in [0, 0.1) is 27.7 Å². The van der Waals surface area contributed by atoms with E-state index in [-0.39, 0.29) is 24.7 Å². The zero-order chi connectivity index (χ0) is 79.7. The molecule has 8 aliphatic heterocycles. The van der Waals surface area contributed by atoms with E-state index in [4.69, 9.17) is 0 Å². The summed E-state index contributed by atoms with van der Waals surface area (Å²) in [6.07, 6.45) is 36.7. The Morgan fingerprint density at radius 1 is 0.223 bits per heavy atom. The van der Waals surface area contributed by atoms with Gasteiger partial charge in [0.25, 0.3) is 0 Å². The standard InChI is InChI=1S/C30H36N5.C26H28N5.C20H32N5.C16H24N5/c1-21-11-8-12-22(2)29(21)34-19-17-32(25(34)5)27-15-10-16-28(31(27)7)33-18-20-35(26(33)6)30-23(3)13-9-14-24(30)4;1-21-28(23-11-6-4-7-12-23)17-19-30(21)25-15-10-16-26(27(25)3)31-20-18-29(22(31)2)24-13-8-5-9-14-24;1-15(2)22-11-13-24(17(22)5)19-9-8-10-20(21(19)7)25-14-12-23(16(3)4)18(25)6;1-13-17(3)9-11-20(13)15-7-6-8-16(19(15)5)21-12-10-18(4)14(21)2/h8-20,25-26H,1-7H3;4-22H,1-3H3;8-18H,1-7H3;6-14H,1-5H3/q4*+1/t25-,26+;21-,22+;17-,18+;13-,14+. The molecule has 16 rings (SSSR count). The van der Waals surface area contributed by atoms with Gasteiger partial charge >= 0.3 is 0 Å². The maximum absolute atomic E-state index is 2.38. The summed E-state index contributed by atoms with van der Waals surface area (Å²) in [6.45, 7) is 35.6. The molecule has 0 saturated carbocycles. The molecule has 4 aromatic carbocycles. The van der Waals surface area contributed by atoms with Gasteiger partial charge in [-0.3, -0.25) is 0 Å². The molecule has 0 N–H and O–H groups in total. The van der Waals surface area contributed by atoms with Crippen molar-refractivity contribution in [2.24, 2.45) is 28.2 Å². The molecule has 0 amide bonds. The number of rotatable bonds is 14.